The predicted octanol–water partition coefficient (Wildman–Crippen LogP) is 3.36. The van der Waals surface area contributed by atoms with Crippen LogP contribution >= 0.6 is 0 Å². The van der Waals surface area contributed by atoms with Gasteiger partial charge in [-0.1, -0.05) is 0 Å². The lowest BCUT2D eigenvalue weighted by Gasteiger charge is -2.23. The Morgan fingerprint density at radius 3 is 3.00 bits per heavy atom. The average molecular weight is 369 g/mol. The van der Waals surface area contributed by atoms with Crippen molar-refractivity contribution in [3.8, 4) is 5.88 Å². The number of aromatic nitrogens is 2. The molecule has 0 N–H and O–H groups in total. The number of furan rings is 1. The van der Waals surface area contributed by atoms with Crippen molar-refractivity contribution in [3.05, 3.63) is 72.3 Å². The van der Waals surface area contributed by atoms with E-state index in [1.54, 1.807) is 17.0 Å². The summed E-state index contributed by atoms with van der Waals surface area (Å²) in [6.45, 7) is 2.21. The Balaban J connectivity index is 1.45. The number of hydrogen-bond acceptors (Lipinski definition) is 4. The van der Waals surface area contributed by atoms with Gasteiger partial charge in [0.15, 0.2) is 11.6 Å². The minimum Gasteiger partial charge on any atom is -0.476 e. The second kappa shape index (κ2) is 7.65. The van der Waals surface area contributed by atoms with Gasteiger partial charge in [-0.2, -0.15) is 0 Å². The molecule has 0 fully saturated rings. The number of rotatable bonds is 5. The molecule has 0 spiro atoms. The van der Waals surface area contributed by atoms with Gasteiger partial charge in [0.2, 0.25) is 5.88 Å². The Hall–Kier alpha value is -3.09. The molecule has 1 aliphatic heterocycles. The molecule has 0 saturated heterocycles. The molecule has 0 aromatic carbocycles. The summed E-state index contributed by atoms with van der Waals surface area (Å²) >= 11 is 0. The molecule has 1 atom stereocenters. The summed E-state index contributed by atoms with van der Waals surface area (Å²) in [6, 6.07) is 10.2. The van der Waals surface area contributed by atoms with Gasteiger partial charge in [0.05, 0.1) is 19.4 Å². The zero-order valence-electron chi connectivity index (χ0n) is 14.8. The van der Waals surface area contributed by atoms with E-state index in [0.29, 0.717) is 31.9 Å². The normalized spacial score (nSPS) is 16.6. The third-order valence-electron chi connectivity index (χ3n) is 4.72. The standard InChI is InChI=1S/C20H20FN3O3/c21-17-5-1-8-22-19(17)27-11-7-15-12-23-9-2-4-16(23)14-24(13-15)20(25)18-6-3-10-26-18/h1-6,8-10,15H,7,11-14H2/t15-/m1/s1. The Bertz CT molecular complexity index is 907. The number of pyridine rings is 1. The molecule has 0 bridgehead atoms. The number of halogens is 1. The van der Waals surface area contributed by atoms with Crippen LogP contribution in [0.3, 0.4) is 0 Å². The molecular weight excluding hydrogens is 349 g/mol. The van der Waals surface area contributed by atoms with E-state index in [1.807, 2.05) is 18.3 Å². The monoisotopic (exact) mass is 369 g/mol. The van der Waals surface area contributed by atoms with E-state index in [2.05, 4.69) is 9.55 Å². The first-order valence-electron chi connectivity index (χ1n) is 8.91. The van der Waals surface area contributed by atoms with Crippen LogP contribution in [0.1, 0.15) is 22.7 Å². The summed E-state index contributed by atoms with van der Waals surface area (Å²) in [5.74, 6) is -0.0850. The lowest BCUT2D eigenvalue weighted by atomic mass is 10.1. The molecule has 0 aliphatic carbocycles. The first kappa shape index (κ1) is 17.3. The second-order valence-electron chi connectivity index (χ2n) is 6.61. The number of amides is 1. The fourth-order valence-electron chi connectivity index (χ4n) is 3.37. The van der Waals surface area contributed by atoms with Crippen LogP contribution in [0.5, 0.6) is 5.88 Å². The predicted molar refractivity (Wildman–Crippen MR) is 95.7 cm³/mol. The Morgan fingerprint density at radius 1 is 1.26 bits per heavy atom. The van der Waals surface area contributed by atoms with Gasteiger partial charge >= 0.3 is 0 Å². The highest BCUT2D eigenvalue weighted by atomic mass is 19.1. The molecule has 0 unspecified atom stereocenters. The van der Waals surface area contributed by atoms with Gasteiger partial charge in [-0.25, -0.2) is 9.37 Å². The smallest absolute Gasteiger partial charge is 0.289 e. The molecular formula is C20H20FN3O3. The number of carbonyl (C=O) groups excluding carboxylic acids is 1. The van der Waals surface area contributed by atoms with E-state index < -0.39 is 5.82 Å². The maximum Gasteiger partial charge on any atom is 0.289 e. The summed E-state index contributed by atoms with van der Waals surface area (Å²) in [5, 5.41) is 0. The molecule has 0 saturated carbocycles. The van der Waals surface area contributed by atoms with E-state index in [4.69, 9.17) is 9.15 Å². The van der Waals surface area contributed by atoms with Crippen molar-refractivity contribution in [2.24, 2.45) is 5.92 Å². The molecule has 1 aliphatic rings. The van der Waals surface area contributed by atoms with Gasteiger partial charge in [-0.05, 0) is 48.7 Å². The quantitative estimate of drug-likeness (QED) is 0.692. The second-order valence-corrected chi connectivity index (χ2v) is 6.61. The number of fused-ring (bicyclic) bond motifs is 1. The zero-order valence-corrected chi connectivity index (χ0v) is 14.8. The van der Waals surface area contributed by atoms with Gasteiger partial charge < -0.3 is 18.6 Å². The Kier molecular flexibility index (Phi) is 4.91. The summed E-state index contributed by atoms with van der Waals surface area (Å²) < 4.78 is 26.6. The van der Waals surface area contributed by atoms with Crippen LogP contribution in [-0.2, 0) is 13.1 Å². The van der Waals surface area contributed by atoms with E-state index in [1.165, 1.54) is 24.6 Å². The fraction of sp³-hybridized carbons (Fsp3) is 0.300. The third-order valence-corrected chi connectivity index (χ3v) is 4.72. The highest BCUT2D eigenvalue weighted by Crippen LogP contribution is 2.22. The van der Waals surface area contributed by atoms with Crippen LogP contribution in [0.15, 0.2) is 59.5 Å². The summed E-state index contributed by atoms with van der Waals surface area (Å²) in [6.07, 6.45) is 5.69. The van der Waals surface area contributed by atoms with Crippen molar-refractivity contribution in [3.63, 3.8) is 0 Å². The van der Waals surface area contributed by atoms with Crippen LogP contribution in [0, 0.1) is 11.7 Å². The van der Waals surface area contributed by atoms with Crippen molar-refractivity contribution < 1.29 is 18.3 Å². The van der Waals surface area contributed by atoms with Crippen molar-refractivity contribution >= 4 is 5.91 Å². The molecule has 1 amide bonds. The molecule has 27 heavy (non-hydrogen) atoms. The summed E-state index contributed by atoms with van der Waals surface area (Å²) in [4.78, 5) is 18.5. The molecule has 3 aromatic heterocycles. The van der Waals surface area contributed by atoms with Gasteiger partial charge in [-0.3, -0.25) is 4.79 Å². The van der Waals surface area contributed by atoms with Crippen LogP contribution in [0.2, 0.25) is 0 Å². The number of ether oxygens (including phenoxy) is 1. The Morgan fingerprint density at radius 2 is 2.19 bits per heavy atom. The van der Waals surface area contributed by atoms with Gasteiger partial charge in [0.1, 0.15) is 0 Å². The van der Waals surface area contributed by atoms with Crippen LogP contribution in [-0.4, -0.2) is 33.5 Å². The first-order valence-corrected chi connectivity index (χ1v) is 8.91. The fourth-order valence-corrected chi connectivity index (χ4v) is 3.37. The van der Waals surface area contributed by atoms with Gasteiger partial charge in [0.25, 0.3) is 5.91 Å². The third kappa shape index (κ3) is 3.86. The maximum atomic E-state index is 13.6. The SMILES string of the molecule is O=C(c1ccco1)N1Cc2cccn2C[C@@H](CCOc2ncccc2F)C1. The van der Waals surface area contributed by atoms with Gasteiger partial charge in [0, 0.05) is 31.2 Å². The highest BCUT2D eigenvalue weighted by Gasteiger charge is 2.27. The van der Waals surface area contributed by atoms with E-state index >= 15 is 0 Å². The highest BCUT2D eigenvalue weighted by molar-refractivity contribution is 5.91. The molecule has 4 rings (SSSR count). The molecule has 6 nitrogen and oxygen atoms in total. The van der Waals surface area contributed by atoms with Crippen molar-refractivity contribution in [1.29, 1.82) is 0 Å². The minimum absolute atomic E-state index is 0.0105. The summed E-state index contributed by atoms with van der Waals surface area (Å²) in [5.41, 5.74) is 1.08. The van der Waals surface area contributed by atoms with Crippen molar-refractivity contribution in [2.75, 3.05) is 13.2 Å². The summed E-state index contributed by atoms with van der Waals surface area (Å²) in [7, 11) is 0. The van der Waals surface area contributed by atoms with Gasteiger partial charge in [-0.15, -0.1) is 0 Å². The Labute approximate surface area is 156 Å². The van der Waals surface area contributed by atoms with E-state index in [0.717, 1.165) is 12.2 Å². The lowest BCUT2D eigenvalue weighted by Crippen LogP contribution is -2.34. The van der Waals surface area contributed by atoms with Crippen LogP contribution < -0.4 is 4.74 Å². The molecule has 140 valence electrons. The molecule has 4 heterocycles. The molecule has 0 radical (unpaired) electrons. The van der Waals surface area contributed by atoms with Crippen molar-refractivity contribution in [2.45, 2.75) is 19.5 Å². The topological polar surface area (TPSA) is 60.5 Å². The minimum atomic E-state index is -0.472. The number of hydrogen-bond donors (Lipinski definition) is 0. The molecule has 7 heteroatoms. The van der Waals surface area contributed by atoms with E-state index in [9.17, 15) is 9.18 Å². The first-order chi connectivity index (χ1) is 13.2. The van der Waals surface area contributed by atoms with Crippen LogP contribution in [0.4, 0.5) is 4.39 Å². The molecule has 3 aromatic rings. The largest absolute Gasteiger partial charge is 0.476 e. The van der Waals surface area contributed by atoms with E-state index in [-0.39, 0.29) is 17.7 Å². The van der Waals surface area contributed by atoms with Crippen LogP contribution in [0.25, 0.3) is 0 Å². The lowest BCUT2D eigenvalue weighted by molar-refractivity contribution is 0.0680. The maximum absolute atomic E-state index is 13.6. The van der Waals surface area contributed by atoms with Crippen molar-refractivity contribution in [1.82, 2.24) is 14.5 Å². The average Bonchev–Trinajstić information content (AvgIpc) is 3.32. The number of nitrogens with zero attached hydrogens (tertiary/aromatic N) is 3. The zero-order chi connectivity index (χ0) is 18.6. The number of carbonyl (C=O) groups is 1.